The summed E-state index contributed by atoms with van der Waals surface area (Å²) in [7, 11) is 0. The third kappa shape index (κ3) is 4.66. The van der Waals surface area contributed by atoms with Gasteiger partial charge in [-0.2, -0.15) is 0 Å². The van der Waals surface area contributed by atoms with Crippen LogP contribution in [0, 0.1) is 29.6 Å². The maximum Gasteiger partial charge on any atom is 0.303 e. The van der Waals surface area contributed by atoms with E-state index in [0.717, 1.165) is 15.4 Å². The highest BCUT2D eigenvalue weighted by atomic mass is 35.5. The van der Waals surface area contributed by atoms with E-state index in [4.69, 9.17) is 21.8 Å². The molecule has 0 bridgehead atoms. The van der Waals surface area contributed by atoms with Gasteiger partial charge in [0.2, 0.25) is 23.6 Å². The third-order valence-corrected chi connectivity index (χ3v) is 9.02. The van der Waals surface area contributed by atoms with Gasteiger partial charge < -0.3 is 15.3 Å². The Morgan fingerprint density at radius 2 is 1.40 bits per heavy atom. The van der Waals surface area contributed by atoms with E-state index in [1.165, 1.54) is 12.1 Å². The highest BCUT2D eigenvalue weighted by Crippen LogP contribution is 2.58. The lowest BCUT2D eigenvalue weighted by Crippen LogP contribution is -2.43. The van der Waals surface area contributed by atoms with Crippen LogP contribution in [0.15, 0.2) is 29.8 Å². The summed E-state index contributed by atoms with van der Waals surface area (Å²) >= 11 is 6.55. The first-order valence-corrected chi connectivity index (χ1v) is 13.7. The van der Waals surface area contributed by atoms with Crippen molar-refractivity contribution < 1.29 is 44.1 Å². The number of benzene rings is 1. The number of nitrogens with zero attached hydrogens (tertiary/aromatic N) is 2. The number of hydrogen-bond donors (Lipinski definition) is 3. The summed E-state index contributed by atoms with van der Waals surface area (Å²) in [5.41, 5.74) is 1.27. The number of allylic oxidation sites excluding steroid dienone is 2. The second-order valence-electron chi connectivity index (χ2n) is 10.9. The van der Waals surface area contributed by atoms with Crippen molar-refractivity contribution in [3.05, 3.63) is 40.4 Å². The summed E-state index contributed by atoms with van der Waals surface area (Å²) in [6.07, 6.45) is 2.14. The van der Waals surface area contributed by atoms with Gasteiger partial charge in [0.25, 0.3) is 0 Å². The van der Waals surface area contributed by atoms with Gasteiger partial charge in [0.15, 0.2) is 0 Å². The zero-order valence-corrected chi connectivity index (χ0v) is 22.2. The summed E-state index contributed by atoms with van der Waals surface area (Å²) in [6.45, 7) is -0.0510. The molecule has 0 aromatic heterocycles. The molecule has 2 aliphatic carbocycles. The van der Waals surface area contributed by atoms with Crippen LogP contribution >= 0.6 is 11.6 Å². The minimum Gasteiger partial charge on any atom is -0.508 e. The second kappa shape index (κ2) is 10.7. The fourth-order valence-electron chi connectivity index (χ4n) is 7.05. The molecule has 12 heteroatoms. The number of amides is 4. The van der Waals surface area contributed by atoms with Crippen LogP contribution in [0.25, 0.3) is 0 Å². The van der Waals surface area contributed by atoms with Gasteiger partial charge in [-0.15, -0.1) is 0 Å². The van der Waals surface area contributed by atoms with Crippen molar-refractivity contribution in [2.45, 2.75) is 44.4 Å². The lowest BCUT2D eigenvalue weighted by atomic mass is 9.57. The molecule has 2 heterocycles. The summed E-state index contributed by atoms with van der Waals surface area (Å²) < 4.78 is 0. The standard InChI is InChI=1S/C28H29ClN2O9/c29-19-11-13(32)5-6-15(19)22-14-7-8-16-23(27(39)30(25(16)37)9-1-3-20(33)34)17(14)12-18-24(22)28(40)31(26(18)38)10-2-4-21(35)36/h5-7,11,16-18,22-24,32H,1-4,8-10,12H2,(H,33,34)(H,35,36)/t16-,17+,18+,22+,23-,24+/m0/s1. The minimum atomic E-state index is -1.04. The predicted octanol–water partition coefficient (Wildman–Crippen LogP) is 2.41. The van der Waals surface area contributed by atoms with Crippen LogP contribution in [0.3, 0.4) is 0 Å². The number of phenolic OH excluding ortho intramolecular Hbond substituents is 1. The summed E-state index contributed by atoms with van der Waals surface area (Å²) in [5.74, 6) is -7.97. The maximum atomic E-state index is 13.7. The van der Waals surface area contributed by atoms with Crippen molar-refractivity contribution in [3.63, 3.8) is 0 Å². The highest BCUT2D eigenvalue weighted by Gasteiger charge is 2.61. The first-order valence-electron chi connectivity index (χ1n) is 13.3. The Kier molecular flexibility index (Phi) is 7.43. The third-order valence-electron chi connectivity index (χ3n) is 8.69. The molecule has 40 heavy (non-hydrogen) atoms. The number of likely N-dealkylation sites (tertiary alicyclic amines) is 2. The van der Waals surface area contributed by atoms with Crippen LogP contribution in [-0.4, -0.2) is 73.8 Å². The summed E-state index contributed by atoms with van der Waals surface area (Å²) in [5, 5.41) is 28.1. The molecule has 1 aromatic carbocycles. The molecule has 4 amide bonds. The zero-order chi connectivity index (χ0) is 28.9. The average Bonchev–Trinajstić information content (AvgIpc) is 3.27. The molecule has 5 rings (SSSR count). The van der Waals surface area contributed by atoms with E-state index in [0.29, 0.717) is 5.56 Å². The van der Waals surface area contributed by atoms with Crippen molar-refractivity contribution in [2.75, 3.05) is 13.1 Å². The molecule has 11 nitrogen and oxygen atoms in total. The predicted molar refractivity (Wildman–Crippen MR) is 138 cm³/mol. The second-order valence-corrected chi connectivity index (χ2v) is 11.3. The Bertz CT molecular complexity index is 1340. The Morgan fingerprint density at radius 3 is 1.98 bits per heavy atom. The van der Waals surface area contributed by atoms with E-state index in [9.17, 15) is 33.9 Å². The van der Waals surface area contributed by atoms with Gasteiger partial charge in [0.05, 0.1) is 23.7 Å². The van der Waals surface area contributed by atoms with Gasteiger partial charge in [-0.3, -0.25) is 38.6 Å². The van der Waals surface area contributed by atoms with Crippen LogP contribution in [0.1, 0.15) is 50.0 Å². The Hall–Kier alpha value is -3.73. The maximum absolute atomic E-state index is 13.7. The largest absolute Gasteiger partial charge is 0.508 e. The molecule has 1 saturated carbocycles. The lowest BCUT2D eigenvalue weighted by molar-refractivity contribution is -0.143. The van der Waals surface area contributed by atoms with Gasteiger partial charge in [0, 0.05) is 36.9 Å². The lowest BCUT2D eigenvalue weighted by Gasteiger charge is -2.44. The van der Waals surface area contributed by atoms with E-state index in [1.807, 2.05) is 6.08 Å². The van der Waals surface area contributed by atoms with Crippen molar-refractivity contribution in [2.24, 2.45) is 29.6 Å². The number of aliphatic carboxylic acids is 2. The monoisotopic (exact) mass is 572 g/mol. The van der Waals surface area contributed by atoms with Gasteiger partial charge >= 0.3 is 11.9 Å². The summed E-state index contributed by atoms with van der Waals surface area (Å²) in [6, 6.07) is 4.38. The van der Waals surface area contributed by atoms with Gasteiger partial charge in [-0.05, 0) is 49.3 Å². The van der Waals surface area contributed by atoms with Crippen molar-refractivity contribution in [1.82, 2.24) is 9.80 Å². The number of hydrogen-bond acceptors (Lipinski definition) is 7. The first-order chi connectivity index (χ1) is 19.0. The number of carbonyl (C=O) groups excluding carboxylic acids is 4. The molecular weight excluding hydrogens is 544 g/mol. The number of rotatable bonds is 9. The molecule has 212 valence electrons. The highest BCUT2D eigenvalue weighted by molar-refractivity contribution is 6.31. The average molecular weight is 573 g/mol. The number of imide groups is 2. The topological polar surface area (TPSA) is 170 Å². The number of halogens is 1. The zero-order valence-electron chi connectivity index (χ0n) is 21.5. The molecule has 0 unspecified atom stereocenters. The van der Waals surface area contributed by atoms with E-state index < -0.39 is 65.2 Å². The van der Waals surface area contributed by atoms with Gasteiger partial charge in [-0.25, -0.2) is 0 Å². The number of carboxylic acid groups (broad SMARTS) is 2. The minimum absolute atomic E-state index is 0.00688. The van der Waals surface area contributed by atoms with Gasteiger partial charge in [-0.1, -0.05) is 29.3 Å². The van der Waals surface area contributed by atoms with E-state index >= 15 is 0 Å². The van der Waals surface area contributed by atoms with Crippen LogP contribution in [0.2, 0.25) is 5.02 Å². The molecule has 1 aromatic rings. The van der Waals surface area contributed by atoms with Crippen molar-refractivity contribution in [1.29, 1.82) is 0 Å². The van der Waals surface area contributed by atoms with E-state index in [-0.39, 0.29) is 68.3 Å². The fourth-order valence-corrected chi connectivity index (χ4v) is 7.35. The normalized spacial score (nSPS) is 29.3. The van der Waals surface area contributed by atoms with Crippen LogP contribution < -0.4 is 0 Å². The molecule has 0 radical (unpaired) electrons. The number of carbonyl (C=O) groups is 6. The molecule has 2 saturated heterocycles. The van der Waals surface area contributed by atoms with E-state index in [2.05, 4.69) is 0 Å². The van der Waals surface area contributed by atoms with Crippen molar-refractivity contribution >= 4 is 47.2 Å². The van der Waals surface area contributed by atoms with Crippen LogP contribution in [0.5, 0.6) is 5.75 Å². The molecule has 6 atom stereocenters. The molecule has 3 fully saturated rings. The fraction of sp³-hybridized carbons (Fsp3) is 0.500. The number of fused-ring (bicyclic) bond motifs is 4. The quantitative estimate of drug-likeness (QED) is 0.297. The van der Waals surface area contributed by atoms with E-state index in [1.54, 1.807) is 6.07 Å². The number of aromatic hydroxyl groups is 1. The van der Waals surface area contributed by atoms with Gasteiger partial charge in [0.1, 0.15) is 5.75 Å². The molecule has 3 N–H and O–H groups in total. The summed E-state index contributed by atoms with van der Waals surface area (Å²) in [4.78, 5) is 78.3. The smallest absolute Gasteiger partial charge is 0.303 e. The van der Waals surface area contributed by atoms with Crippen LogP contribution in [0.4, 0.5) is 0 Å². The van der Waals surface area contributed by atoms with Crippen molar-refractivity contribution in [3.8, 4) is 5.75 Å². The molecular formula is C28H29ClN2O9. The molecule has 2 aliphatic heterocycles. The number of carboxylic acids is 2. The number of phenols is 1. The van der Waals surface area contributed by atoms with Crippen LogP contribution in [-0.2, 0) is 28.8 Å². The Labute approximate surface area is 234 Å². The molecule has 4 aliphatic rings. The first kappa shape index (κ1) is 27.8. The SMILES string of the molecule is O=C(O)CCCN1C(=O)[C@H]2[C@H](CC=C3[C@H]2C[C@H]2C(=O)N(CCCC(=O)O)C(=O)[C@H]2[C@H]3c2ccc(O)cc2Cl)C1=O. The Balaban J connectivity index is 1.52. The Morgan fingerprint density at radius 1 is 0.825 bits per heavy atom. The molecule has 0 spiro atoms.